The molecule has 1 N–H and O–H groups in total. The number of methoxy groups -OCH3 is 1. The maximum Gasteiger partial charge on any atom is 0.251 e. The Morgan fingerprint density at radius 2 is 1.87 bits per heavy atom. The van der Waals surface area contributed by atoms with E-state index in [1.165, 1.54) is 0 Å². The second-order valence-electron chi connectivity index (χ2n) is 4.95. The molecule has 0 spiro atoms. The molecule has 5 heteroatoms. The van der Waals surface area contributed by atoms with Crippen LogP contribution in [0.15, 0.2) is 60.1 Å². The smallest absolute Gasteiger partial charge is 0.251 e. The number of thiazole rings is 1. The number of aromatic nitrogens is 1. The number of ether oxygens (including phenoxy) is 1. The summed E-state index contributed by atoms with van der Waals surface area (Å²) in [5.74, 6) is 0.635. The molecule has 1 amide bonds. The van der Waals surface area contributed by atoms with Gasteiger partial charge < -0.3 is 10.1 Å². The minimum Gasteiger partial charge on any atom is -0.497 e. The molecule has 1 aromatic heterocycles. The predicted octanol–water partition coefficient (Wildman–Crippen LogP) is 3.75. The summed E-state index contributed by atoms with van der Waals surface area (Å²) in [7, 11) is 1.60. The molecule has 0 saturated heterocycles. The third-order valence-electron chi connectivity index (χ3n) is 3.44. The highest BCUT2D eigenvalue weighted by Crippen LogP contribution is 2.21. The van der Waals surface area contributed by atoms with E-state index in [-0.39, 0.29) is 5.91 Å². The molecule has 0 radical (unpaired) electrons. The predicted molar refractivity (Wildman–Crippen MR) is 91.7 cm³/mol. The Labute approximate surface area is 138 Å². The highest BCUT2D eigenvalue weighted by Gasteiger charge is 2.06. The summed E-state index contributed by atoms with van der Waals surface area (Å²) in [5.41, 5.74) is 2.75. The number of nitrogens with one attached hydrogen (secondary N) is 1. The van der Waals surface area contributed by atoms with Gasteiger partial charge in [-0.2, -0.15) is 0 Å². The summed E-state index contributed by atoms with van der Waals surface area (Å²) in [6, 6.07) is 15.1. The van der Waals surface area contributed by atoms with E-state index in [9.17, 15) is 4.79 Å². The standard InChI is InChI=1S/C18H16N2O2S/c1-22-16-8-6-14(7-9-16)17(21)20-12-13-2-4-15(5-3-13)18-19-10-11-23-18/h2-11H,12H2,1H3,(H,20,21). The molecule has 2 aromatic carbocycles. The Kier molecular flexibility index (Phi) is 4.68. The first-order valence-electron chi connectivity index (χ1n) is 7.17. The van der Waals surface area contributed by atoms with Gasteiger partial charge >= 0.3 is 0 Å². The summed E-state index contributed by atoms with van der Waals surface area (Å²) < 4.78 is 5.08. The molecular weight excluding hydrogens is 308 g/mol. The van der Waals surface area contributed by atoms with Gasteiger partial charge in [-0.25, -0.2) is 4.98 Å². The molecule has 0 saturated carbocycles. The third-order valence-corrected chi connectivity index (χ3v) is 4.26. The molecule has 3 aromatic rings. The number of rotatable bonds is 5. The lowest BCUT2D eigenvalue weighted by Crippen LogP contribution is -2.22. The van der Waals surface area contributed by atoms with Gasteiger partial charge in [0.1, 0.15) is 10.8 Å². The van der Waals surface area contributed by atoms with Crippen LogP contribution in [-0.4, -0.2) is 18.0 Å². The van der Waals surface area contributed by atoms with Crippen molar-refractivity contribution < 1.29 is 9.53 Å². The maximum absolute atomic E-state index is 12.1. The van der Waals surface area contributed by atoms with E-state index in [1.54, 1.807) is 48.9 Å². The number of carbonyl (C=O) groups is 1. The van der Waals surface area contributed by atoms with Crippen molar-refractivity contribution >= 4 is 17.2 Å². The highest BCUT2D eigenvalue weighted by atomic mass is 32.1. The van der Waals surface area contributed by atoms with Crippen molar-refractivity contribution in [3.63, 3.8) is 0 Å². The fourth-order valence-corrected chi connectivity index (χ4v) is 2.80. The van der Waals surface area contributed by atoms with E-state index in [4.69, 9.17) is 4.74 Å². The first kappa shape index (κ1) is 15.2. The molecule has 0 aliphatic rings. The number of nitrogens with zero attached hydrogens (tertiary/aromatic N) is 1. The van der Waals surface area contributed by atoms with Crippen molar-refractivity contribution in [2.45, 2.75) is 6.54 Å². The van der Waals surface area contributed by atoms with Crippen LogP contribution in [0.3, 0.4) is 0 Å². The van der Waals surface area contributed by atoms with Gasteiger partial charge in [0.25, 0.3) is 5.91 Å². The lowest BCUT2D eigenvalue weighted by molar-refractivity contribution is 0.0951. The summed E-state index contributed by atoms with van der Waals surface area (Å²) in [6.45, 7) is 0.489. The molecular formula is C18H16N2O2S. The minimum absolute atomic E-state index is 0.100. The monoisotopic (exact) mass is 324 g/mol. The van der Waals surface area contributed by atoms with Gasteiger partial charge in [0.15, 0.2) is 0 Å². The average molecular weight is 324 g/mol. The molecule has 0 bridgehead atoms. The van der Waals surface area contributed by atoms with Gasteiger partial charge in [-0.3, -0.25) is 4.79 Å². The van der Waals surface area contributed by atoms with Crippen LogP contribution < -0.4 is 10.1 Å². The normalized spacial score (nSPS) is 10.3. The zero-order valence-corrected chi connectivity index (χ0v) is 13.5. The molecule has 0 aliphatic carbocycles. The number of carbonyl (C=O) groups excluding carboxylic acids is 1. The molecule has 116 valence electrons. The topological polar surface area (TPSA) is 51.2 Å². The molecule has 4 nitrogen and oxygen atoms in total. The van der Waals surface area contributed by atoms with E-state index in [2.05, 4.69) is 10.3 Å². The zero-order chi connectivity index (χ0) is 16.1. The van der Waals surface area contributed by atoms with E-state index >= 15 is 0 Å². The Hall–Kier alpha value is -2.66. The van der Waals surface area contributed by atoms with Crippen LogP contribution in [0.5, 0.6) is 5.75 Å². The SMILES string of the molecule is COc1ccc(C(=O)NCc2ccc(-c3nccs3)cc2)cc1. The Balaban J connectivity index is 1.60. The Bertz CT molecular complexity index is 766. The number of amides is 1. The fourth-order valence-electron chi connectivity index (χ4n) is 2.16. The fraction of sp³-hybridized carbons (Fsp3) is 0.111. The Morgan fingerprint density at radius 1 is 1.13 bits per heavy atom. The lowest BCUT2D eigenvalue weighted by atomic mass is 10.1. The number of hydrogen-bond acceptors (Lipinski definition) is 4. The van der Waals surface area contributed by atoms with Gasteiger partial charge in [0, 0.05) is 29.2 Å². The molecule has 0 aliphatic heterocycles. The molecule has 1 heterocycles. The van der Waals surface area contributed by atoms with Crippen molar-refractivity contribution in [1.29, 1.82) is 0 Å². The minimum atomic E-state index is -0.100. The van der Waals surface area contributed by atoms with Crippen molar-refractivity contribution in [3.05, 3.63) is 71.2 Å². The molecule has 23 heavy (non-hydrogen) atoms. The largest absolute Gasteiger partial charge is 0.497 e. The number of benzene rings is 2. The average Bonchev–Trinajstić information content (AvgIpc) is 3.15. The second-order valence-corrected chi connectivity index (χ2v) is 5.84. The molecule has 3 rings (SSSR count). The first-order valence-corrected chi connectivity index (χ1v) is 8.05. The number of hydrogen-bond donors (Lipinski definition) is 1. The first-order chi connectivity index (χ1) is 11.3. The quantitative estimate of drug-likeness (QED) is 0.777. The van der Waals surface area contributed by atoms with E-state index in [0.717, 1.165) is 21.9 Å². The highest BCUT2D eigenvalue weighted by molar-refractivity contribution is 7.13. The van der Waals surface area contributed by atoms with Gasteiger partial charge in [-0.1, -0.05) is 24.3 Å². The Morgan fingerprint density at radius 3 is 2.48 bits per heavy atom. The summed E-state index contributed by atoms with van der Waals surface area (Å²) in [4.78, 5) is 16.4. The second kappa shape index (κ2) is 7.07. The summed E-state index contributed by atoms with van der Waals surface area (Å²) in [6.07, 6.45) is 1.79. The van der Waals surface area contributed by atoms with Crippen molar-refractivity contribution in [1.82, 2.24) is 10.3 Å². The molecule has 0 atom stereocenters. The van der Waals surface area contributed by atoms with Gasteiger partial charge in [0.2, 0.25) is 0 Å². The van der Waals surface area contributed by atoms with Crippen LogP contribution in [-0.2, 0) is 6.54 Å². The van der Waals surface area contributed by atoms with Crippen LogP contribution in [0, 0.1) is 0 Å². The zero-order valence-electron chi connectivity index (χ0n) is 12.7. The maximum atomic E-state index is 12.1. The van der Waals surface area contributed by atoms with Crippen LogP contribution in [0.4, 0.5) is 0 Å². The van der Waals surface area contributed by atoms with Crippen molar-refractivity contribution in [3.8, 4) is 16.3 Å². The van der Waals surface area contributed by atoms with Crippen LogP contribution in [0.25, 0.3) is 10.6 Å². The third kappa shape index (κ3) is 3.76. The summed E-state index contributed by atoms with van der Waals surface area (Å²) >= 11 is 1.61. The molecule has 0 unspecified atom stereocenters. The van der Waals surface area contributed by atoms with E-state index in [1.807, 2.05) is 29.6 Å². The van der Waals surface area contributed by atoms with Crippen LogP contribution in [0.2, 0.25) is 0 Å². The lowest BCUT2D eigenvalue weighted by Gasteiger charge is -2.07. The van der Waals surface area contributed by atoms with E-state index < -0.39 is 0 Å². The van der Waals surface area contributed by atoms with Crippen molar-refractivity contribution in [2.24, 2.45) is 0 Å². The summed E-state index contributed by atoms with van der Waals surface area (Å²) in [5, 5.41) is 5.87. The van der Waals surface area contributed by atoms with Gasteiger partial charge in [0.05, 0.1) is 7.11 Å². The van der Waals surface area contributed by atoms with Crippen LogP contribution in [0.1, 0.15) is 15.9 Å². The van der Waals surface area contributed by atoms with Gasteiger partial charge in [-0.05, 0) is 29.8 Å². The van der Waals surface area contributed by atoms with Crippen molar-refractivity contribution in [2.75, 3.05) is 7.11 Å². The van der Waals surface area contributed by atoms with E-state index in [0.29, 0.717) is 12.1 Å². The van der Waals surface area contributed by atoms with Gasteiger partial charge in [-0.15, -0.1) is 11.3 Å². The van der Waals surface area contributed by atoms with Crippen LogP contribution >= 0.6 is 11.3 Å². The molecule has 0 fully saturated rings.